The number of amides is 3. The van der Waals surface area contributed by atoms with Gasteiger partial charge in [-0.3, -0.25) is 26.1 Å². The lowest BCUT2D eigenvalue weighted by atomic mass is 9.78. The number of hydrogen-bond acceptors (Lipinski definition) is 13. The molecule has 0 spiro atoms. The van der Waals surface area contributed by atoms with Gasteiger partial charge in [0.15, 0.2) is 0 Å². The predicted molar refractivity (Wildman–Crippen MR) is 209 cm³/mol. The lowest BCUT2D eigenvalue weighted by Gasteiger charge is -2.32. The second-order valence-corrected chi connectivity index (χ2v) is 13.6. The van der Waals surface area contributed by atoms with Crippen LogP contribution >= 0.6 is 0 Å². The Morgan fingerprint density at radius 3 is 1.37 bits per heavy atom. The molecule has 1 aliphatic heterocycles. The zero-order valence-electron chi connectivity index (χ0n) is 32.5. The SMILES string of the molecule is COc1cc(NC(=O)OCc2ccc(NC(=O)OCc3ccc(B4OC(C)(C)C(C)(C)O4)cc3OC)cc2OC)ccc1COC(=O)Nc1ccc([N+](=O)[O-])cc1. The standard InChI is InChI=1S/C39H43BN4O13/c1-38(2)39(3,4)57-40(56-38)27-11-8-24(32(18-27)50-5)21-54-36(46)42-29-13-10-26(34(20-29)52-7)23-55-37(47)43-30-12-9-25(33(19-30)51-6)22-53-35(45)41-28-14-16-31(17-15-28)44(48)49/h8-20H,21-23H2,1-7H3,(H,41,45)(H,42,46)(H,43,47). The Kier molecular flexibility index (Phi) is 13.1. The van der Waals surface area contributed by atoms with Crippen molar-refractivity contribution in [1.82, 2.24) is 0 Å². The van der Waals surface area contributed by atoms with Gasteiger partial charge in [0.1, 0.15) is 37.1 Å². The highest BCUT2D eigenvalue weighted by Gasteiger charge is 2.51. The Balaban J connectivity index is 1.09. The lowest BCUT2D eigenvalue weighted by Crippen LogP contribution is -2.41. The van der Waals surface area contributed by atoms with E-state index in [2.05, 4.69) is 16.0 Å². The van der Waals surface area contributed by atoms with Crippen LogP contribution in [0.3, 0.4) is 0 Å². The number of benzene rings is 4. The summed E-state index contributed by atoms with van der Waals surface area (Å²) in [5, 5.41) is 18.6. The van der Waals surface area contributed by atoms with Crippen molar-refractivity contribution in [2.45, 2.75) is 58.7 Å². The minimum atomic E-state index is -0.783. The van der Waals surface area contributed by atoms with E-state index < -0.39 is 41.5 Å². The quantitative estimate of drug-likeness (QED) is 0.0503. The molecule has 0 aromatic heterocycles. The zero-order valence-corrected chi connectivity index (χ0v) is 32.5. The fourth-order valence-electron chi connectivity index (χ4n) is 5.45. The first-order valence-electron chi connectivity index (χ1n) is 17.5. The number of ether oxygens (including phenoxy) is 6. The third kappa shape index (κ3) is 10.6. The molecular weight excluding hydrogens is 743 g/mol. The molecule has 1 saturated heterocycles. The van der Waals surface area contributed by atoms with Crippen molar-refractivity contribution in [3.05, 3.63) is 106 Å². The summed E-state index contributed by atoms with van der Waals surface area (Å²) in [6, 6.07) is 20.2. The van der Waals surface area contributed by atoms with Crippen molar-refractivity contribution in [1.29, 1.82) is 0 Å². The molecule has 0 saturated carbocycles. The molecule has 17 nitrogen and oxygen atoms in total. The molecule has 4 aromatic rings. The molecule has 0 atom stereocenters. The lowest BCUT2D eigenvalue weighted by molar-refractivity contribution is -0.384. The second-order valence-electron chi connectivity index (χ2n) is 13.6. The molecule has 3 N–H and O–H groups in total. The largest absolute Gasteiger partial charge is 0.496 e. The smallest absolute Gasteiger partial charge is 0.494 e. The van der Waals surface area contributed by atoms with Gasteiger partial charge in [-0.15, -0.1) is 0 Å². The maximum Gasteiger partial charge on any atom is 0.494 e. The van der Waals surface area contributed by atoms with Gasteiger partial charge < -0.3 is 37.7 Å². The molecule has 1 fully saturated rings. The van der Waals surface area contributed by atoms with E-state index in [0.29, 0.717) is 51.0 Å². The van der Waals surface area contributed by atoms with E-state index in [4.69, 9.17) is 37.7 Å². The Bertz CT molecular complexity index is 2090. The number of non-ortho nitro benzene ring substituents is 1. The van der Waals surface area contributed by atoms with Gasteiger partial charge in [0.25, 0.3) is 5.69 Å². The molecular formula is C39H43BN4O13. The highest BCUT2D eigenvalue weighted by Crippen LogP contribution is 2.37. The summed E-state index contributed by atoms with van der Waals surface area (Å²) in [4.78, 5) is 47.9. The summed E-state index contributed by atoms with van der Waals surface area (Å²) in [7, 11) is 3.82. The molecule has 1 aliphatic rings. The van der Waals surface area contributed by atoms with E-state index in [9.17, 15) is 24.5 Å². The van der Waals surface area contributed by atoms with Gasteiger partial charge in [-0.2, -0.15) is 0 Å². The average molecular weight is 787 g/mol. The van der Waals surface area contributed by atoms with E-state index >= 15 is 0 Å². The highest BCUT2D eigenvalue weighted by molar-refractivity contribution is 6.62. The number of nitrogens with one attached hydrogen (secondary N) is 3. The molecule has 57 heavy (non-hydrogen) atoms. The molecule has 18 heteroatoms. The topological polar surface area (TPSA) is 204 Å². The van der Waals surface area contributed by atoms with Gasteiger partial charge in [0.05, 0.1) is 37.5 Å². The fourth-order valence-corrected chi connectivity index (χ4v) is 5.45. The van der Waals surface area contributed by atoms with Crippen LogP contribution in [-0.4, -0.2) is 62.9 Å². The van der Waals surface area contributed by atoms with E-state index in [1.807, 2.05) is 33.8 Å². The molecule has 0 unspecified atom stereocenters. The Morgan fingerprint density at radius 1 is 0.596 bits per heavy atom. The normalized spacial score (nSPS) is 13.8. The Hall–Kier alpha value is -6.53. The highest BCUT2D eigenvalue weighted by atomic mass is 16.7. The van der Waals surface area contributed by atoms with Crippen LogP contribution in [0.5, 0.6) is 17.2 Å². The third-order valence-corrected chi connectivity index (χ3v) is 9.30. The maximum atomic E-state index is 12.7. The third-order valence-electron chi connectivity index (χ3n) is 9.30. The van der Waals surface area contributed by atoms with Gasteiger partial charge in [0.2, 0.25) is 0 Å². The molecule has 0 radical (unpaired) electrons. The van der Waals surface area contributed by atoms with E-state index in [-0.39, 0.29) is 25.5 Å². The molecule has 5 rings (SSSR count). The van der Waals surface area contributed by atoms with E-state index in [1.54, 1.807) is 42.5 Å². The summed E-state index contributed by atoms with van der Waals surface area (Å²) in [6.45, 7) is 7.52. The summed E-state index contributed by atoms with van der Waals surface area (Å²) >= 11 is 0. The molecule has 0 aliphatic carbocycles. The fraction of sp³-hybridized carbons (Fsp3) is 0.308. The molecule has 3 amide bonds. The van der Waals surface area contributed by atoms with Crippen LogP contribution in [-0.2, 0) is 43.3 Å². The minimum Gasteiger partial charge on any atom is -0.496 e. The molecule has 300 valence electrons. The number of nitro groups is 1. The Labute approximate surface area is 329 Å². The molecule has 0 bridgehead atoms. The van der Waals surface area contributed by atoms with Crippen molar-refractivity contribution < 1.29 is 57.0 Å². The monoisotopic (exact) mass is 786 g/mol. The van der Waals surface area contributed by atoms with E-state index in [0.717, 1.165) is 5.46 Å². The van der Waals surface area contributed by atoms with Gasteiger partial charge in [0, 0.05) is 58.0 Å². The zero-order chi connectivity index (χ0) is 41.3. The van der Waals surface area contributed by atoms with Crippen LogP contribution in [0.1, 0.15) is 44.4 Å². The Morgan fingerprint density at radius 2 is 0.965 bits per heavy atom. The molecule has 1 heterocycles. The number of hydrogen-bond donors (Lipinski definition) is 3. The van der Waals surface area contributed by atoms with Crippen molar-refractivity contribution >= 4 is 53.6 Å². The maximum absolute atomic E-state index is 12.7. The number of methoxy groups -OCH3 is 3. The number of anilines is 3. The van der Waals surface area contributed by atoms with Gasteiger partial charge in [-0.1, -0.05) is 12.1 Å². The van der Waals surface area contributed by atoms with Crippen molar-refractivity contribution in [3.8, 4) is 17.2 Å². The first kappa shape index (κ1) is 41.6. The van der Waals surface area contributed by atoms with Gasteiger partial charge >= 0.3 is 25.4 Å². The van der Waals surface area contributed by atoms with Crippen LogP contribution in [0.2, 0.25) is 0 Å². The first-order valence-corrected chi connectivity index (χ1v) is 17.5. The summed E-state index contributed by atoms with van der Waals surface area (Å²) in [6.07, 6.45) is -2.26. The van der Waals surface area contributed by atoms with Crippen molar-refractivity contribution in [3.63, 3.8) is 0 Å². The van der Waals surface area contributed by atoms with Gasteiger partial charge in [-0.05, 0) is 75.6 Å². The number of rotatable bonds is 14. The predicted octanol–water partition coefficient (Wildman–Crippen LogP) is 7.17. The first-order chi connectivity index (χ1) is 27.1. The minimum absolute atomic E-state index is 0.0670. The summed E-state index contributed by atoms with van der Waals surface area (Å²) in [5.74, 6) is 1.19. The summed E-state index contributed by atoms with van der Waals surface area (Å²) < 4.78 is 44.8. The average Bonchev–Trinajstić information content (AvgIpc) is 3.41. The van der Waals surface area contributed by atoms with Crippen LogP contribution < -0.4 is 35.6 Å². The molecule has 4 aromatic carbocycles. The number of nitro benzene ring substituents is 1. The van der Waals surface area contributed by atoms with Gasteiger partial charge in [-0.25, -0.2) is 14.4 Å². The number of carbonyl (C=O) groups is 3. The summed E-state index contributed by atoms with van der Waals surface area (Å²) in [5.41, 5.74) is 2.38. The van der Waals surface area contributed by atoms with Crippen molar-refractivity contribution in [2.24, 2.45) is 0 Å². The van der Waals surface area contributed by atoms with E-state index in [1.165, 1.54) is 51.7 Å². The van der Waals surface area contributed by atoms with Crippen LogP contribution in [0, 0.1) is 10.1 Å². The van der Waals surface area contributed by atoms with Crippen LogP contribution in [0.15, 0.2) is 78.9 Å². The second kappa shape index (κ2) is 18.0. The number of carbonyl (C=O) groups excluding carboxylic acids is 3. The van der Waals surface area contributed by atoms with Crippen LogP contribution in [0.25, 0.3) is 0 Å². The van der Waals surface area contributed by atoms with Crippen molar-refractivity contribution in [2.75, 3.05) is 37.3 Å². The number of nitrogens with zero attached hydrogens (tertiary/aromatic N) is 1. The van der Waals surface area contributed by atoms with Crippen LogP contribution in [0.4, 0.5) is 37.1 Å².